The first-order valence-corrected chi connectivity index (χ1v) is 10.5. The summed E-state index contributed by atoms with van der Waals surface area (Å²) in [5, 5.41) is 10.8. The molecule has 1 atom stereocenters. The van der Waals surface area contributed by atoms with Crippen LogP contribution in [-0.4, -0.2) is 33.7 Å². The van der Waals surface area contributed by atoms with Crippen LogP contribution in [0.25, 0.3) is 0 Å². The van der Waals surface area contributed by atoms with Gasteiger partial charge in [-0.15, -0.1) is 5.10 Å². The molecule has 3 aromatic rings. The molecule has 0 radical (unpaired) electrons. The largest absolute Gasteiger partial charge is 0.495 e. The number of thioether (sulfide) groups is 1. The molecule has 154 valence electrons. The molecule has 10 heteroatoms. The number of hydrogen-bond acceptors (Lipinski definition) is 6. The number of carbonyl (C=O) groups excluding carboxylic acids is 2. The van der Waals surface area contributed by atoms with Crippen molar-refractivity contribution in [2.24, 2.45) is 0 Å². The van der Waals surface area contributed by atoms with Crippen molar-refractivity contribution < 1.29 is 14.3 Å². The van der Waals surface area contributed by atoms with Crippen LogP contribution in [0.2, 0.25) is 5.02 Å². The smallest absolute Gasteiger partial charge is 0.250 e. The first kappa shape index (κ1) is 20.2. The predicted octanol–water partition coefficient (Wildman–Crippen LogP) is 3.75. The highest BCUT2D eigenvalue weighted by atomic mass is 35.5. The Labute approximate surface area is 182 Å². The molecule has 1 aliphatic heterocycles. The Morgan fingerprint density at radius 1 is 1.33 bits per heavy atom. The van der Waals surface area contributed by atoms with Crippen molar-refractivity contribution in [3.8, 4) is 5.75 Å². The van der Waals surface area contributed by atoms with Gasteiger partial charge in [0.05, 0.1) is 19.2 Å². The molecule has 0 saturated heterocycles. The summed E-state index contributed by atoms with van der Waals surface area (Å²) >= 11 is 7.47. The summed E-state index contributed by atoms with van der Waals surface area (Å²) in [7, 11) is 1.50. The van der Waals surface area contributed by atoms with Gasteiger partial charge in [0.1, 0.15) is 11.8 Å². The van der Waals surface area contributed by atoms with Crippen LogP contribution in [0.3, 0.4) is 0 Å². The van der Waals surface area contributed by atoms with E-state index in [1.165, 1.54) is 23.6 Å². The lowest BCUT2D eigenvalue weighted by Gasteiger charge is -2.22. The second kappa shape index (κ2) is 8.76. The topological polar surface area (TPSA) is 98.1 Å². The molecular weight excluding hydrogens is 426 g/mol. The van der Waals surface area contributed by atoms with Gasteiger partial charge in [-0.25, -0.2) is 4.68 Å². The molecule has 4 rings (SSSR count). The van der Waals surface area contributed by atoms with E-state index < -0.39 is 11.9 Å². The van der Waals surface area contributed by atoms with Crippen molar-refractivity contribution in [3.63, 3.8) is 0 Å². The summed E-state index contributed by atoms with van der Waals surface area (Å²) in [6.07, 6.45) is -0.0478. The number of halogens is 1. The first-order valence-electron chi connectivity index (χ1n) is 9.11. The van der Waals surface area contributed by atoms with Crippen molar-refractivity contribution in [2.45, 2.75) is 23.4 Å². The van der Waals surface area contributed by atoms with Crippen LogP contribution in [0.4, 0.5) is 11.6 Å². The van der Waals surface area contributed by atoms with E-state index >= 15 is 0 Å². The SMILES string of the molecule is COc1ccc(Cl)cc1NC(=O)C1CC(=O)Nc2nc(SCc3ccccc3)nn21. The van der Waals surface area contributed by atoms with E-state index in [0.717, 1.165) is 5.56 Å². The Morgan fingerprint density at radius 3 is 2.90 bits per heavy atom. The second-order valence-corrected chi connectivity index (χ2v) is 7.92. The fraction of sp³-hybridized carbons (Fsp3) is 0.200. The summed E-state index contributed by atoms with van der Waals surface area (Å²) in [5.74, 6) is 0.685. The lowest BCUT2D eigenvalue weighted by atomic mass is 10.1. The van der Waals surface area contributed by atoms with Gasteiger partial charge in [0.2, 0.25) is 22.9 Å². The average Bonchev–Trinajstić information content (AvgIpc) is 3.15. The number of hydrogen-bond donors (Lipinski definition) is 2. The summed E-state index contributed by atoms with van der Waals surface area (Å²) in [6.45, 7) is 0. The van der Waals surface area contributed by atoms with Crippen LogP contribution in [0.5, 0.6) is 5.75 Å². The first-order chi connectivity index (χ1) is 14.5. The van der Waals surface area contributed by atoms with Crippen LogP contribution in [0, 0.1) is 0 Å². The van der Waals surface area contributed by atoms with Gasteiger partial charge < -0.3 is 10.1 Å². The molecule has 2 N–H and O–H groups in total. The van der Waals surface area contributed by atoms with Crippen molar-refractivity contribution >= 4 is 46.8 Å². The van der Waals surface area contributed by atoms with E-state index in [1.54, 1.807) is 18.2 Å². The Kier molecular flexibility index (Phi) is 5.91. The van der Waals surface area contributed by atoms with E-state index in [4.69, 9.17) is 16.3 Å². The normalized spacial score (nSPS) is 15.3. The maximum absolute atomic E-state index is 13.0. The minimum absolute atomic E-state index is 0.0478. The quantitative estimate of drug-likeness (QED) is 0.563. The zero-order chi connectivity index (χ0) is 21.1. The van der Waals surface area contributed by atoms with E-state index in [1.807, 2.05) is 30.3 Å². The summed E-state index contributed by atoms with van der Waals surface area (Å²) in [4.78, 5) is 29.5. The number of ether oxygens (including phenoxy) is 1. The molecule has 2 aromatic carbocycles. The fourth-order valence-corrected chi connectivity index (χ4v) is 3.98. The number of carbonyl (C=O) groups is 2. The molecule has 0 bridgehead atoms. The number of nitrogens with zero attached hydrogens (tertiary/aromatic N) is 3. The van der Waals surface area contributed by atoms with Gasteiger partial charge in [0, 0.05) is 10.8 Å². The maximum atomic E-state index is 13.0. The molecule has 2 amide bonds. The van der Waals surface area contributed by atoms with Gasteiger partial charge in [0.25, 0.3) is 0 Å². The Bertz CT molecular complexity index is 1090. The predicted molar refractivity (Wildman–Crippen MR) is 115 cm³/mol. The summed E-state index contributed by atoms with van der Waals surface area (Å²) in [6, 6.07) is 14.0. The van der Waals surface area contributed by atoms with E-state index in [0.29, 0.717) is 27.4 Å². The van der Waals surface area contributed by atoms with Gasteiger partial charge in [-0.1, -0.05) is 53.7 Å². The van der Waals surface area contributed by atoms with Gasteiger partial charge in [0.15, 0.2) is 0 Å². The van der Waals surface area contributed by atoms with Crippen molar-refractivity contribution in [1.29, 1.82) is 0 Å². The van der Waals surface area contributed by atoms with Gasteiger partial charge in [-0.3, -0.25) is 14.9 Å². The van der Waals surface area contributed by atoms with Crippen molar-refractivity contribution in [3.05, 3.63) is 59.1 Å². The minimum atomic E-state index is -0.837. The number of benzene rings is 2. The summed E-state index contributed by atoms with van der Waals surface area (Å²) < 4.78 is 6.71. The van der Waals surface area contributed by atoms with E-state index in [9.17, 15) is 9.59 Å². The number of amides is 2. The van der Waals surface area contributed by atoms with Crippen LogP contribution >= 0.6 is 23.4 Å². The Hall–Kier alpha value is -3.04. The lowest BCUT2D eigenvalue weighted by Crippen LogP contribution is -2.36. The second-order valence-electron chi connectivity index (χ2n) is 6.54. The van der Waals surface area contributed by atoms with Crippen LogP contribution < -0.4 is 15.4 Å². The monoisotopic (exact) mass is 443 g/mol. The van der Waals surface area contributed by atoms with Crippen LogP contribution in [0.15, 0.2) is 53.7 Å². The molecule has 0 spiro atoms. The van der Waals surface area contributed by atoms with Crippen LogP contribution in [0.1, 0.15) is 18.0 Å². The summed E-state index contributed by atoms with van der Waals surface area (Å²) in [5.41, 5.74) is 1.54. The van der Waals surface area contributed by atoms with Crippen molar-refractivity contribution in [2.75, 3.05) is 17.7 Å². The number of rotatable bonds is 6. The molecule has 1 aromatic heterocycles. The molecule has 0 fully saturated rings. The third-order valence-corrected chi connectivity index (χ3v) is 5.61. The van der Waals surface area contributed by atoms with Crippen molar-refractivity contribution in [1.82, 2.24) is 14.8 Å². The number of fused-ring (bicyclic) bond motifs is 1. The standard InChI is InChI=1S/C20H18ClN5O3S/c1-29-16-8-7-13(21)9-14(16)22-18(28)15-10-17(27)23-19-24-20(25-26(15)19)30-11-12-5-3-2-4-6-12/h2-9,15H,10-11H2,1H3,(H,22,28)(H,23,24,25,27). The molecule has 0 saturated carbocycles. The number of nitrogens with one attached hydrogen (secondary N) is 2. The van der Waals surface area contributed by atoms with Crippen LogP contribution in [-0.2, 0) is 15.3 Å². The number of aromatic nitrogens is 3. The highest BCUT2D eigenvalue weighted by Gasteiger charge is 2.33. The maximum Gasteiger partial charge on any atom is 0.250 e. The Balaban J connectivity index is 1.54. The zero-order valence-electron chi connectivity index (χ0n) is 16.0. The average molecular weight is 444 g/mol. The van der Waals surface area contributed by atoms with E-state index in [2.05, 4.69) is 20.7 Å². The molecule has 30 heavy (non-hydrogen) atoms. The van der Waals surface area contributed by atoms with Gasteiger partial charge in [-0.05, 0) is 23.8 Å². The third-order valence-electron chi connectivity index (χ3n) is 4.47. The zero-order valence-corrected chi connectivity index (χ0v) is 17.5. The number of anilines is 2. The van der Waals surface area contributed by atoms with Gasteiger partial charge in [-0.2, -0.15) is 4.98 Å². The highest BCUT2D eigenvalue weighted by Crippen LogP contribution is 2.31. The lowest BCUT2D eigenvalue weighted by molar-refractivity contribution is -0.125. The molecular formula is C20H18ClN5O3S. The van der Waals surface area contributed by atoms with Gasteiger partial charge >= 0.3 is 0 Å². The molecule has 0 aliphatic carbocycles. The highest BCUT2D eigenvalue weighted by molar-refractivity contribution is 7.98. The minimum Gasteiger partial charge on any atom is -0.495 e. The van der Waals surface area contributed by atoms with E-state index in [-0.39, 0.29) is 18.3 Å². The molecule has 1 unspecified atom stereocenters. The number of methoxy groups -OCH3 is 1. The molecule has 1 aliphatic rings. The fourth-order valence-electron chi connectivity index (χ4n) is 3.02. The molecule has 8 nitrogen and oxygen atoms in total. The molecule has 2 heterocycles. The third kappa shape index (κ3) is 4.42. The Morgan fingerprint density at radius 2 is 2.13 bits per heavy atom.